The highest BCUT2D eigenvalue weighted by molar-refractivity contribution is 5.88. The molecule has 116 valence electrons. The van der Waals surface area contributed by atoms with Gasteiger partial charge < -0.3 is 15.5 Å². The summed E-state index contributed by atoms with van der Waals surface area (Å²) in [6.07, 6.45) is 0.496. The Morgan fingerprint density at radius 2 is 1.81 bits per heavy atom. The molecule has 0 saturated heterocycles. The predicted molar refractivity (Wildman–Crippen MR) is 83.9 cm³/mol. The molecule has 0 aliphatic heterocycles. The van der Waals surface area contributed by atoms with Crippen molar-refractivity contribution >= 4 is 11.8 Å². The third kappa shape index (κ3) is 5.55. The zero-order chi connectivity index (χ0) is 15.8. The molecule has 0 heterocycles. The minimum atomic E-state index is -0.533. The standard InChI is InChI=1S/C16H25N3O2/c1-12(11-17-2)15(20)18-14(16(21)19(3)4)10-13-8-6-5-7-9-13/h5-9,12,14,17H,10-11H2,1-4H3,(H,18,20). The summed E-state index contributed by atoms with van der Waals surface area (Å²) in [6.45, 7) is 2.42. The molecule has 0 aromatic heterocycles. The van der Waals surface area contributed by atoms with Gasteiger partial charge in [-0.25, -0.2) is 0 Å². The Balaban J connectivity index is 2.78. The van der Waals surface area contributed by atoms with Gasteiger partial charge >= 0.3 is 0 Å². The Kier molecular flexibility index (Phi) is 6.88. The van der Waals surface area contributed by atoms with Gasteiger partial charge in [0.25, 0.3) is 0 Å². The molecule has 2 atom stereocenters. The van der Waals surface area contributed by atoms with Gasteiger partial charge in [0.1, 0.15) is 6.04 Å². The summed E-state index contributed by atoms with van der Waals surface area (Å²) in [5.74, 6) is -0.382. The van der Waals surface area contributed by atoms with Crippen molar-refractivity contribution < 1.29 is 9.59 Å². The summed E-state index contributed by atoms with van der Waals surface area (Å²) in [6, 6.07) is 9.17. The fraction of sp³-hybridized carbons (Fsp3) is 0.500. The van der Waals surface area contributed by atoms with Crippen molar-refractivity contribution in [3.8, 4) is 0 Å². The summed E-state index contributed by atoms with van der Waals surface area (Å²) in [5.41, 5.74) is 1.03. The maximum absolute atomic E-state index is 12.3. The smallest absolute Gasteiger partial charge is 0.244 e. The number of amides is 2. The number of rotatable bonds is 7. The largest absolute Gasteiger partial charge is 0.347 e. The number of hydrogen-bond donors (Lipinski definition) is 2. The van der Waals surface area contributed by atoms with E-state index in [2.05, 4.69) is 10.6 Å². The van der Waals surface area contributed by atoms with E-state index < -0.39 is 6.04 Å². The number of nitrogens with one attached hydrogen (secondary N) is 2. The third-order valence-electron chi connectivity index (χ3n) is 3.30. The van der Waals surface area contributed by atoms with Gasteiger partial charge in [-0.05, 0) is 12.6 Å². The summed E-state index contributed by atoms with van der Waals surface area (Å²) < 4.78 is 0. The first-order valence-corrected chi connectivity index (χ1v) is 7.15. The van der Waals surface area contributed by atoms with Crippen LogP contribution in [0.5, 0.6) is 0 Å². The van der Waals surface area contributed by atoms with Crippen LogP contribution >= 0.6 is 0 Å². The van der Waals surface area contributed by atoms with Crippen LogP contribution in [-0.4, -0.2) is 50.4 Å². The molecule has 0 spiro atoms. The minimum Gasteiger partial charge on any atom is -0.347 e. The van der Waals surface area contributed by atoms with Gasteiger partial charge in [-0.15, -0.1) is 0 Å². The summed E-state index contributed by atoms with van der Waals surface area (Å²) in [5, 5.41) is 5.83. The van der Waals surface area contributed by atoms with Crippen LogP contribution in [0.15, 0.2) is 30.3 Å². The van der Waals surface area contributed by atoms with Crippen LogP contribution in [0.4, 0.5) is 0 Å². The molecule has 0 fully saturated rings. The first kappa shape index (κ1) is 17.2. The van der Waals surface area contributed by atoms with Crippen molar-refractivity contribution in [1.29, 1.82) is 0 Å². The SMILES string of the molecule is CNCC(C)C(=O)NC(Cc1ccccc1)C(=O)N(C)C. The molecule has 1 rings (SSSR count). The number of carbonyl (C=O) groups is 2. The highest BCUT2D eigenvalue weighted by Crippen LogP contribution is 2.06. The monoisotopic (exact) mass is 291 g/mol. The Labute approximate surface area is 126 Å². The Bertz CT molecular complexity index is 460. The van der Waals surface area contributed by atoms with E-state index >= 15 is 0 Å². The average molecular weight is 291 g/mol. The van der Waals surface area contributed by atoms with Crippen LogP contribution in [0.2, 0.25) is 0 Å². The van der Waals surface area contributed by atoms with Gasteiger partial charge in [-0.1, -0.05) is 37.3 Å². The number of carbonyl (C=O) groups excluding carboxylic acids is 2. The third-order valence-corrected chi connectivity index (χ3v) is 3.30. The molecule has 2 N–H and O–H groups in total. The van der Waals surface area contributed by atoms with E-state index in [1.807, 2.05) is 37.3 Å². The van der Waals surface area contributed by atoms with Crippen LogP contribution < -0.4 is 10.6 Å². The van der Waals surface area contributed by atoms with Crippen LogP contribution in [0, 0.1) is 5.92 Å². The highest BCUT2D eigenvalue weighted by atomic mass is 16.2. The van der Waals surface area contributed by atoms with E-state index in [0.29, 0.717) is 13.0 Å². The summed E-state index contributed by atoms with van der Waals surface area (Å²) in [7, 11) is 5.20. The lowest BCUT2D eigenvalue weighted by atomic mass is 10.0. The van der Waals surface area contributed by atoms with E-state index in [1.54, 1.807) is 21.1 Å². The van der Waals surface area contributed by atoms with E-state index in [4.69, 9.17) is 0 Å². The fourth-order valence-corrected chi connectivity index (χ4v) is 2.07. The molecule has 0 saturated carbocycles. The van der Waals surface area contributed by atoms with Crippen molar-refractivity contribution in [2.45, 2.75) is 19.4 Å². The molecule has 2 unspecified atom stereocenters. The number of likely N-dealkylation sites (N-methyl/N-ethyl adjacent to an activating group) is 1. The minimum absolute atomic E-state index is 0.0936. The normalized spacial score (nSPS) is 13.3. The predicted octanol–water partition coefficient (Wildman–Crippen LogP) is 0.658. The molecule has 5 nitrogen and oxygen atoms in total. The van der Waals surface area contributed by atoms with Crippen molar-refractivity contribution in [1.82, 2.24) is 15.5 Å². The Morgan fingerprint density at radius 1 is 1.19 bits per heavy atom. The fourth-order valence-electron chi connectivity index (χ4n) is 2.07. The summed E-state index contributed by atoms with van der Waals surface area (Å²) >= 11 is 0. The van der Waals surface area contributed by atoms with Gasteiger partial charge in [-0.2, -0.15) is 0 Å². The van der Waals surface area contributed by atoms with Gasteiger partial charge in [0.15, 0.2) is 0 Å². The molecular weight excluding hydrogens is 266 g/mol. The molecule has 2 amide bonds. The van der Waals surface area contributed by atoms with Crippen LogP contribution in [0.3, 0.4) is 0 Å². The first-order chi connectivity index (χ1) is 9.95. The molecule has 0 radical (unpaired) electrons. The highest BCUT2D eigenvalue weighted by Gasteiger charge is 2.24. The topological polar surface area (TPSA) is 61.4 Å². The van der Waals surface area contributed by atoms with E-state index in [1.165, 1.54) is 4.90 Å². The molecule has 1 aromatic rings. The van der Waals surface area contributed by atoms with Crippen LogP contribution in [0.1, 0.15) is 12.5 Å². The molecule has 0 aliphatic rings. The second-order valence-electron chi connectivity index (χ2n) is 5.44. The maximum Gasteiger partial charge on any atom is 0.244 e. The molecular formula is C16H25N3O2. The number of nitrogens with zero attached hydrogens (tertiary/aromatic N) is 1. The Hall–Kier alpha value is -1.88. The lowest BCUT2D eigenvalue weighted by Gasteiger charge is -2.23. The maximum atomic E-state index is 12.3. The van der Waals surface area contributed by atoms with Gasteiger partial charge in [0.05, 0.1) is 0 Å². The second-order valence-corrected chi connectivity index (χ2v) is 5.44. The lowest BCUT2D eigenvalue weighted by molar-refractivity contribution is -0.135. The number of hydrogen-bond acceptors (Lipinski definition) is 3. The van der Waals surface area contributed by atoms with Crippen LogP contribution in [0.25, 0.3) is 0 Å². The van der Waals surface area contributed by atoms with Crippen molar-refractivity contribution in [3.05, 3.63) is 35.9 Å². The van der Waals surface area contributed by atoms with Gasteiger partial charge in [-0.3, -0.25) is 9.59 Å². The number of benzene rings is 1. The van der Waals surface area contributed by atoms with E-state index in [9.17, 15) is 9.59 Å². The summed E-state index contributed by atoms with van der Waals surface area (Å²) in [4.78, 5) is 25.9. The quantitative estimate of drug-likeness (QED) is 0.776. The lowest BCUT2D eigenvalue weighted by Crippen LogP contribution is -2.49. The first-order valence-electron chi connectivity index (χ1n) is 7.15. The van der Waals surface area contributed by atoms with E-state index in [0.717, 1.165) is 5.56 Å². The zero-order valence-electron chi connectivity index (χ0n) is 13.2. The molecule has 5 heteroatoms. The molecule has 0 bridgehead atoms. The van der Waals surface area contributed by atoms with Crippen molar-refractivity contribution in [2.24, 2.45) is 5.92 Å². The Morgan fingerprint density at radius 3 is 2.33 bits per heavy atom. The van der Waals surface area contributed by atoms with Crippen molar-refractivity contribution in [2.75, 3.05) is 27.7 Å². The molecule has 1 aromatic carbocycles. The average Bonchev–Trinajstić information content (AvgIpc) is 2.46. The van der Waals surface area contributed by atoms with E-state index in [-0.39, 0.29) is 17.7 Å². The van der Waals surface area contributed by atoms with Crippen LogP contribution in [-0.2, 0) is 16.0 Å². The van der Waals surface area contributed by atoms with Gasteiger partial charge in [0.2, 0.25) is 11.8 Å². The van der Waals surface area contributed by atoms with Crippen molar-refractivity contribution in [3.63, 3.8) is 0 Å². The second kappa shape index (κ2) is 8.42. The molecule has 21 heavy (non-hydrogen) atoms. The zero-order valence-corrected chi connectivity index (χ0v) is 13.2. The van der Waals surface area contributed by atoms with Gasteiger partial charge in [0, 0.05) is 33.0 Å². The molecule has 0 aliphatic carbocycles.